The van der Waals surface area contributed by atoms with E-state index in [0.29, 0.717) is 9.40 Å². The maximum absolute atomic E-state index is 12.3. The minimum atomic E-state index is -4.23. The van der Waals surface area contributed by atoms with Gasteiger partial charge in [-0.25, -0.2) is 9.59 Å². The summed E-state index contributed by atoms with van der Waals surface area (Å²) in [5.41, 5.74) is 3.45. The number of hydrogen-bond acceptors (Lipinski definition) is 9. The zero-order chi connectivity index (χ0) is 37.3. The standard InChI is InChI=1S/C35H36N2O10S4/c1-34(2)24-18-22(32(38)39)30-20(10-14-48-30)28(24)36(12-6-16-50(42,43)44)26(34)8-5-9-27-35(3,4)25-19-23(33(40)41)31-21(11-15-49-31)29(25)37(27)13-7-17-51(45,46)47/h5,8-11,14-15,18-19H,6-7,12-13,16-17H2,1-4H3,(H3-,38,39,40,41,42,43,44,45,46,47)/p+1. The van der Waals surface area contributed by atoms with Crippen LogP contribution in [0.5, 0.6) is 0 Å². The molecule has 0 unspecified atom stereocenters. The van der Waals surface area contributed by atoms with Gasteiger partial charge in [0.1, 0.15) is 6.54 Å². The fraction of sp³-hybridized carbons (Fsp3) is 0.343. The van der Waals surface area contributed by atoms with Crippen molar-refractivity contribution in [2.75, 3.05) is 29.5 Å². The largest absolute Gasteiger partial charge is 0.478 e. The zero-order valence-electron chi connectivity index (χ0n) is 28.2. The number of aromatic carboxylic acids is 2. The molecule has 4 N–H and O–H groups in total. The van der Waals surface area contributed by atoms with Crippen LogP contribution in [0.1, 0.15) is 72.4 Å². The molecule has 2 aliphatic rings. The van der Waals surface area contributed by atoms with E-state index in [1.54, 1.807) is 12.1 Å². The third-order valence-electron chi connectivity index (χ3n) is 9.70. The lowest BCUT2D eigenvalue weighted by atomic mass is 9.80. The molecule has 0 bridgehead atoms. The highest BCUT2D eigenvalue weighted by Gasteiger charge is 2.47. The number of benzene rings is 2. The first-order chi connectivity index (χ1) is 23.7. The van der Waals surface area contributed by atoms with Crippen molar-refractivity contribution in [3.63, 3.8) is 0 Å². The number of carboxylic acids is 2. The normalized spacial score (nSPS) is 17.7. The van der Waals surface area contributed by atoms with Gasteiger partial charge in [-0.15, -0.1) is 22.7 Å². The van der Waals surface area contributed by atoms with E-state index in [0.717, 1.165) is 44.7 Å². The van der Waals surface area contributed by atoms with Crippen molar-refractivity contribution in [1.29, 1.82) is 0 Å². The highest BCUT2D eigenvalue weighted by atomic mass is 32.2. The van der Waals surface area contributed by atoms with Crippen molar-refractivity contribution in [1.82, 2.24) is 0 Å². The van der Waals surface area contributed by atoms with E-state index in [9.17, 15) is 45.7 Å². The summed E-state index contributed by atoms with van der Waals surface area (Å²) in [6, 6.07) is 7.05. The van der Waals surface area contributed by atoms with Gasteiger partial charge in [0.2, 0.25) is 5.69 Å². The van der Waals surface area contributed by atoms with Gasteiger partial charge in [0.15, 0.2) is 5.71 Å². The highest BCUT2D eigenvalue weighted by Crippen LogP contribution is 2.53. The lowest BCUT2D eigenvalue weighted by molar-refractivity contribution is -0.435. The van der Waals surface area contributed by atoms with E-state index in [1.807, 2.05) is 78.3 Å². The summed E-state index contributed by atoms with van der Waals surface area (Å²) in [5.74, 6) is -3.03. The summed E-state index contributed by atoms with van der Waals surface area (Å²) in [7, 11) is -8.47. The summed E-state index contributed by atoms with van der Waals surface area (Å²) < 4.78 is 68.8. The van der Waals surface area contributed by atoms with Crippen molar-refractivity contribution in [2.45, 2.75) is 51.4 Å². The number of thiophene rings is 2. The summed E-state index contributed by atoms with van der Waals surface area (Å²) in [5, 5.41) is 25.2. The Balaban J connectivity index is 1.50. The average Bonchev–Trinajstić information content (AvgIpc) is 3.77. The van der Waals surface area contributed by atoms with Crippen molar-refractivity contribution in [2.24, 2.45) is 0 Å². The number of rotatable bonds is 12. The fourth-order valence-corrected chi connectivity index (χ4v) is 10.2. The topological polar surface area (TPSA) is 190 Å². The fourth-order valence-electron chi connectivity index (χ4n) is 7.40. The Bertz CT molecular complexity index is 2450. The third kappa shape index (κ3) is 6.64. The zero-order valence-corrected chi connectivity index (χ0v) is 31.5. The van der Waals surface area contributed by atoms with Gasteiger partial charge in [0.05, 0.1) is 48.5 Å². The third-order valence-corrected chi connectivity index (χ3v) is 13.2. The second-order valence-electron chi connectivity index (χ2n) is 13.7. The van der Waals surface area contributed by atoms with Gasteiger partial charge in [0.25, 0.3) is 20.2 Å². The van der Waals surface area contributed by atoms with Crippen LogP contribution in [0.15, 0.2) is 59.0 Å². The van der Waals surface area contributed by atoms with E-state index in [-0.39, 0.29) is 37.1 Å². The predicted octanol–water partition coefficient (Wildman–Crippen LogP) is 6.68. The summed E-state index contributed by atoms with van der Waals surface area (Å²) in [4.78, 5) is 26.6. The molecule has 0 amide bonds. The number of fused-ring (bicyclic) bond motifs is 6. The van der Waals surface area contributed by atoms with Crippen LogP contribution in [0.4, 0.5) is 11.4 Å². The Kier molecular flexibility index (Phi) is 9.34. The molecule has 0 spiro atoms. The molecule has 16 heteroatoms. The monoisotopic (exact) mass is 773 g/mol. The number of carbonyl (C=O) groups is 2. The summed E-state index contributed by atoms with van der Waals surface area (Å²) in [6.45, 7) is 8.28. The maximum Gasteiger partial charge on any atom is 0.337 e. The molecule has 0 atom stereocenters. The first-order valence-electron chi connectivity index (χ1n) is 16.0. The number of anilines is 1. The number of allylic oxidation sites excluding steroid dienone is 4. The van der Waals surface area contributed by atoms with Crippen LogP contribution in [-0.4, -0.2) is 83.0 Å². The molecule has 0 saturated carbocycles. The van der Waals surface area contributed by atoms with Gasteiger partial charge < -0.3 is 15.1 Å². The van der Waals surface area contributed by atoms with Gasteiger partial charge >= 0.3 is 11.9 Å². The van der Waals surface area contributed by atoms with Crippen molar-refractivity contribution in [3.05, 3.63) is 81.2 Å². The Labute approximate surface area is 303 Å². The van der Waals surface area contributed by atoms with Crippen molar-refractivity contribution >= 4 is 92.1 Å². The van der Waals surface area contributed by atoms with Gasteiger partial charge in [0, 0.05) is 41.1 Å². The molecule has 12 nitrogen and oxygen atoms in total. The molecule has 2 aromatic carbocycles. The van der Waals surface area contributed by atoms with Crippen LogP contribution in [0.3, 0.4) is 0 Å². The SMILES string of the molecule is CC1(C)C(/C=C/C=C2/N(CCCS(=O)(=O)O)c3c(cc(C(=O)O)c4sccc34)C2(C)C)=[N+](CCCS(=O)(=O)O)c2c1cc(C(=O)O)c1sccc21. The molecule has 6 rings (SSSR count). The minimum absolute atomic E-state index is 0.103. The Hall–Kier alpha value is -3.93. The highest BCUT2D eigenvalue weighted by molar-refractivity contribution is 7.86. The summed E-state index contributed by atoms with van der Waals surface area (Å²) in [6.07, 6.45) is 5.81. The maximum atomic E-state index is 12.3. The van der Waals surface area contributed by atoms with E-state index >= 15 is 0 Å². The molecule has 0 radical (unpaired) electrons. The molecule has 51 heavy (non-hydrogen) atoms. The van der Waals surface area contributed by atoms with Gasteiger partial charge in [-0.2, -0.15) is 21.4 Å². The summed E-state index contributed by atoms with van der Waals surface area (Å²) >= 11 is 2.61. The molecule has 0 saturated heterocycles. The second kappa shape index (κ2) is 12.9. The van der Waals surface area contributed by atoms with Gasteiger partial charge in [-0.1, -0.05) is 19.9 Å². The van der Waals surface area contributed by atoms with Crippen LogP contribution in [-0.2, 0) is 31.1 Å². The van der Waals surface area contributed by atoms with E-state index < -0.39 is 54.5 Å². The molecule has 2 aliphatic heterocycles. The van der Waals surface area contributed by atoms with E-state index in [2.05, 4.69) is 0 Å². The molecule has 0 aliphatic carbocycles. The van der Waals surface area contributed by atoms with Crippen molar-refractivity contribution < 1.29 is 50.3 Å². The average molecular weight is 774 g/mol. The van der Waals surface area contributed by atoms with Crippen LogP contribution in [0.25, 0.3) is 20.2 Å². The Morgan fingerprint density at radius 3 is 1.96 bits per heavy atom. The van der Waals surface area contributed by atoms with E-state index in [4.69, 9.17) is 0 Å². The number of hydrogen-bond donors (Lipinski definition) is 4. The number of nitrogens with zero attached hydrogens (tertiary/aromatic N) is 2. The Morgan fingerprint density at radius 2 is 1.37 bits per heavy atom. The molecule has 4 heterocycles. The molecule has 2 aromatic heterocycles. The molecule has 4 aromatic rings. The molecule has 0 fully saturated rings. The van der Waals surface area contributed by atoms with Crippen LogP contribution < -0.4 is 4.90 Å². The van der Waals surface area contributed by atoms with Crippen molar-refractivity contribution in [3.8, 4) is 0 Å². The van der Waals surface area contributed by atoms with Gasteiger partial charge in [-0.05, 0) is 66.9 Å². The molecular formula is C35H37N2O10S4+. The quantitative estimate of drug-likeness (QED) is 0.0888. The van der Waals surface area contributed by atoms with Crippen LogP contribution in [0, 0.1) is 0 Å². The smallest absolute Gasteiger partial charge is 0.337 e. The lowest BCUT2D eigenvalue weighted by Crippen LogP contribution is -2.29. The van der Waals surface area contributed by atoms with Crippen LogP contribution >= 0.6 is 22.7 Å². The Morgan fingerprint density at radius 1 is 0.824 bits per heavy atom. The second-order valence-corrected chi connectivity index (χ2v) is 18.7. The molecular weight excluding hydrogens is 737 g/mol. The van der Waals surface area contributed by atoms with Gasteiger partial charge in [-0.3, -0.25) is 9.11 Å². The number of carboxylic acid groups (broad SMARTS) is 2. The first kappa shape index (κ1) is 36.8. The van der Waals surface area contributed by atoms with E-state index in [1.165, 1.54) is 22.7 Å². The van der Waals surface area contributed by atoms with Crippen LogP contribution in [0.2, 0.25) is 0 Å². The minimum Gasteiger partial charge on any atom is -0.478 e. The predicted molar refractivity (Wildman–Crippen MR) is 200 cm³/mol. The lowest BCUT2D eigenvalue weighted by Gasteiger charge is -2.27. The first-order valence-corrected chi connectivity index (χ1v) is 21.0. The molecule has 270 valence electrons.